The molecule has 10 heteroatoms. The third-order valence-electron chi connectivity index (χ3n) is 3.41. The van der Waals surface area contributed by atoms with E-state index in [9.17, 15) is 4.79 Å². The van der Waals surface area contributed by atoms with E-state index >= 15 is 0 Å². The zero-order valence-electron chi connectivity index (χ0n) is 14.7. The summed E-state index contributed by atoms with van der Waals surface area (Å²) < 4.78 is 10.3. The molecule has 140 valence electrons. The Morgan fingerprint density at radius 3 is 3.07 bits per heavy atom. The van der Waals surface area contributed by atoms with Crippen molar-refractivity contribution >= 4 is 35.5 Å². The normalized spacial score (nSPS) is 10.9. The largest absolute Gasteiger partial charge is 0.497 e. The number of thioether (sulfide) groups is 1. The molecule has 2 heterocycles. The number of carbonyl (C=O) groups is 1. The van der Waals surface area contributed by atoms with Crippen LogP contribution in [-0.2, 0) is 4.79 Å². The Morgan fingerprint density at radius 2 is 2.33 bits per heavy atom. The lowest BCUT2D eigenvalue weighted by atomic mass is 10.2. The molecule has 0 saturated carbocycles. The molecule has 9 nitrogen and oxygen atoms in total. The highest BCUT2D eigenvalue weighted by atomic mass is 32.2. The third-order valence-corrected chi connectivity index (χ3v) is 4.26. The van der Waals surface area contributed by atoms with Crippen molar-refractivity contribution in [3.05, 3.63) is 47.9 Å². The zero-order valence-corrected chi connectivity index (χ0v) is 15.5. The number of aromatic nitrogens is 3. The monoisotopic (exact) mass is 386 g/mol. The molecule has 3 rings (SSSR count). The maximum Gasteiger partial charge on any atom is 0.240 e. The van der Waals surface area contributed by atoms with Gasteiger partial charge in [0.1, 0.15) is 11.5 Å². The number of carbonyl (C=O) groups excluding carboxylic acids is 1. The molecule has 0 aliphatic rings. The van der Waals surface area contributed by atoms with E-state index in [2.05, 4.69) is 31.0 Å². The van der Waals surface area contributed by atoms with Gasteiger partial charge < -0.3 is 14.5 Å². The van der Waals surface area contributed by atoms with Crippen LogP contribution < -0.4 is 15.5 Å². The quantitative estimate of drug-likeness (QED) is 0.309. The molecule has 0 aliphatic carbocycles. The van der Waals surface area contributed by atoms with Crippen LogP contribution in [0.3, 0.4) is 0 Å². The summed E-state index contributed by atoms with van der Waals surface area (Å²) in [5.74, 6) is 1.76. The highest BCUT2D eigenvalue weighted by Crippen LogP contribution is 2.21. The Kier molecular flexibility index (Phi) is 6.10. The molecule has 0 spiro atoms. The Labute approximate surface area is 159 Å². The highest BCUT2D eigenvalue weighted by Gasteiger charge is 2.09. The van der Waals surface area contributed by atoms with Crippen molar-refractivity contribution in [3.63, 3.8) is 0 Å². The molecule has 2 aromatic heterocycles. The van der Waals surface area contributed by atoms with Crippen molar-refractivity contribution in [2.75, 3.05) is 23.6 Å². The molecule has 0 radical (unpaired) electrons. The molecule has 27 heavy (non-hydrogen) atoms. The number of benzene rings is 1. The van der Waals surface area contributed by atoms with E-state index in [0.29, 0.717) is 16.9 Å². The van der Waals surface area contributed by atoms with E-state index in [1.165, 1.54) is 18.0 Å². The second-order valence-corrected chi connectivity index (χ2v) is 6.31. The van der Waals surface area contributed by atoms with Crippen LogP contribution in [0.4, 0.5) is 11.6 Å². The molecule has 3 aromatic rings. The number of ether oxygens (including phenoxy) is 1. The number of furan rings is 1. The molecule has 1 amide bonds. The zero-order chi connectivity index (χ0) is 19.1. The van der Waals surface area contributed by atoms with Crippen molar-refractivity contribution in [1.29, 1.82) is 0 Å². The SMILES string of the molecule is COc1ccc(NC(=O)CSc2n[nH]c(N/N=C\c3ccco3)n2)c(C)c1. The topological polar surface area (TPSA) is 117 Å². The van der Waals surface area contributed by atoms with Gasteiger partial charge in [0, 0.05) is 5.69 Å². The Hall–Kier alpha value is -3.27. The van der Waals surface area contributed by atoms with Crippen molar-refractivity contribution in [2.24, 2.45) is 5.10 Å². The fourth-order valence-corrected chi connectivity index (χ4v) is 2.70. The molecule has 0 bridgehead atoms. The van der Waals surface area contributed by atoms with E-state index in [0.717, 1.165) is 17.0 Å². The average molecular weight is 386 g/mol. The van der Waals surface area contributed by atoms with Gasteiger partial charge in [-0.1, -0.05) is 11.8 Å². The first-order chi connectivity index (χ1) is 13.1. The van der Waals surface area contributed by atoms with Gasteiger partial charge in [-0.15, -0.1) is 5.10 Å². The number of rotatable bonds is 8. The van der Waals surface area contributed by atoms with Crippen LogP contribution in [0.2, 0.25) is 0 Å². The highest BCUT2D eigenvalue weighted by molar-refractivity contribution is 7.99. The number of nitrogens with one attached hydrogen (secondary N) is 3. The number of anilines is 2. The third kappa shape index (κ3) is 5.35. The number of H-pyrrole nitrogens is 1. The minimum atomic E-state index is -0.150. The lowest BCUT2D eigenvalue weighted by Crippen LogP contribution is -2.15. The summed E-state index contributed by atoms with van der Waals surface area (Å²) in [4.78, 5) is 16.3. The second-order valence-electron chi connectivity index (χ2n) is 5.37. The van der Waals surface area contributed by atoms with Crippen molar-refractivity contribution in [1.82, 2.24) is 15.2 Å². The number of amides is 1. The molecule has 0 atom stereocenters. The maximum absolute atomic E-state index is 12.1. The first-order valence-corrected chi connectivity index (χ1v) is 8.95. The summed E-state index contributed by atoms with van der Waals surface area (Å²) in [6, 6.07) is 9.01. The van der Waals surface area contributed by atoms with Crippen LogP contribution in [0.15, 0.2) is 51.3 Å². The van der Waals surface area contributed by atoms with Gasteiger partial charge in [0.2, 0.25) is 17.0 Å². The summed E-state index contributed by atoms with van der Waals surface area (Å²) in [5, 5.41) is 14.0. The molecule has 3 N–H and O–H groups in total. The van der Waals surface area contributed by atoms with Crippen LogP contribution in [0.5, 0.6) is 5.75 Å². The summed E-state index contributed by atoms with van der Waals surface area (Å²) >= 11 is 1.21. The molecular formula is C17H18N6O3S. The molecule has 0 aliphatic heterocycles. The average Bonchev–Trinajstić information content (AvgIpc) is 3.34. The van der Waals surface area contributed by atoms with E-state index < -0.39 is 0 Å². The number of methoxy groups -OCH3 is 1. The van der Waals surface area contributed by atoms with Gasteiger partial charge in [-0.25, -0.2) is 10.5 Å². The Morgan fingerprint density at radius 1 is 1.44 bits per heavy atom. The van der Waals surface area contributed by atoms with Crippen molar-refractivity contribution in [3.8, 4) is 5.75 Å². The van der Waals surface area contributed by atoms with E-state index in [4.69, 9.17) is 9.15 Å². The standard InChI is InChI=1S/C17H18N6O3S/c1-11-8-12(25-2)5-6-14(11)19-15(24)10-27-17-20-16(22-23-17)21-18-9-13-4-3-7-26-13/h3-9H,10H2,1-2H3,(H,19,24)(H2,20,21,22,23)/b18-9-. The van der Waals surface area contributed by atoms with Crippen LogP contribution in [0, 0.1) is 6.92 Å². The second kappa shape index (κ2) is 8.90. The van der Waals surface area contributed by atoms with E-state index in [1.807, 2.05) is 19.1 Å². The minimum absolute atomic E-state index is 0.150. The van der Waals surface area contributed by atoms with Gasteiger partial charge in [-0.2, -0.15) is 10.1 Å². The number of hydrazone groups is 1. The predicted molar refractivity (Wildman–Crippen MR) is 103 cm³/mol. The van der Waals surface area contributed by atoms with Gasteiger partial charge in [0.15, 0.2) is 0 Å². The van der Waals surface area contributed by atoms with Crippen LogP contribution in [0.25, 0.3) is 0 Å². The van der Waals surface area contributed by atoms with Crippen molar-refractivity contribution in [2.45, 2.75) is 12.1 Å². The summed E-state index contributed by atoms with van der Waals surface area (Å²) in [7, 11) is 1.60. The minimum Gasteiger partial charge on any atom is -0.497 e. The molecule has 1 aromatic carbocycles. The molecule has 0 fully saturated rings. The van der Waals surface area contributed by atoms with Crippen molar-refractivity contribution < 1.29 is 13.9 Å². The number of aromatic amines is 1. The molecule has 0 unspecified atom stereocenters. The lowest BCUT2D eigenvalue weighted by molar-refractivity contribution is -0.113. The summed E-state index contributed by atoms with van der Waals surface area (Å²) in [6.45, 7) is 1.90. The maximum atomic E-state index is 12.1. The van der Waals surface area contributed by atoms with Gasteiger partial charge in [0.05, 0.1) is 25.3 Å². The number of hydrogen-bond donors (Lipinski definition) is 3. The predicted octanol–water partition coefficient (Wildman–Crippen LogP) is 2.89. The first-order valence-electron chi connectivity index (χ1n) is 7.96. The van der Waals surface area contributed by atoms with Gasteiger partial charge in [-0.3, -0.25) is 4.79 Å². The summed E-state index contributed by atoms with van der Waals surface area (Å²) in [6.07, 6.45) is 3.07. The lowest BCUT2D eigenvalue weighted by Gasteiger charge is -2.09. The van der Waals surface area contributed by atoms with Gasteiger partial charge in [-0.05, 0) is 42.8 Å². The fraction of sp³-hybridized carbons (Fsp3) is 0.176. The Bertz CT molecular complexity index is 923. The van der Waals surface area contributed by atoms with Crippen LogP contribution in [-0.4, -0.2) is 40.2 Å². The fourth-order valence-electron chi connectivity index (χ4n) is 2.10. The van der Waals surface area contributed by atoms with E-state index in [-0.39, 0.29) is 11.7 Å². The summed E-state index contributed by atoms with van der Waals surface area (Å²) in [5.41, 5.74) is 4.37. The van der Waals surface area contributed by atoms with Gasteiger partial charge in [0.25, 0.3) is 0 Å². The number of hydrogen-bond acceptors (Lipinski definition) is 8. The molecular weight excluding hydrogens is 368 g/mol. The number of nitrogens with zero attached hydrogens (tertiary/aromatic N) is 3. The first kappa shape index (κ1) is 18.5. The van der Waals surface area contributed by atoms with Gasteiger partial charge >= 0.3 is 0 Å². The molecule has 0 saturated heterocycles. The number of aryl methyl sites for hydroxylation is 1. The Balaban J connectivity index is 1.47. The smallest absolute Gasteiger partial charge is 0.240 e. The van der Waals surface area contributed by atoms with E-state index in [1.54, 1.807) is 31.6 Å². The van der Waals surface area contributed by atoms with Crippen LogP contribution in [0.1, 0.15) is 11.3 Å². The van der Waals surface area contributed by atoms with Crippen LogP contribution >= 0.6 is 11.8 Å².